The monoisotopic (exact) mass is 347 g/mol. The maximum absolute atomic E-state index is 12.1. The van der Waals surface area contributed by atoms with E-state index in [1.54, 1.807) is 35.2 Å². The van der Waals surface area contributed by atoms with Gasteiger partial charge < -0.3 is 4.90 Å². The van der Waals surface area contributed by atoms with E-state index in [0.29, 0.717) is 17.8 Å². The number of rotatable bonds is 5. The minimum atomic E-state index is -0.000971. The molecule has 8 heteroatoms. The zero-order valence-corrected chi connectivity index (χ0v) is 14.0. The Morgan fingerprint density at radius 1 is 1.43 bits per heavy atom. The van der Waals surface area contributed by atoms with Gasteiger partial charge in [0.1, 0.15) is 0 Å². The van der Waals surface area contributed by atoms with Crippen molar-refractivity contribution >= 4 is 44.3 Å². The van der Waals surface area contributed by atoms with Crippen LogP contribution in [0, 0.1) is 0 Å². The number of nitrogens with zero attached hydrogens (tertiary/aromatic N) is 5. The first-order valence-electron chi connectivity index (χ1n) is 6.95. The molecule has 3 aromatic rings. The lowest BCUT2D eigenvalue weighted by Crippen LogP contribution is -2.26. The van der Waals surface area contributed by atoms with Crippen molar-refractivity contribution in [2.75, 3.05) is 17.7 Å². The average Bonchev–Trinajstić information content (AvgIpc) is 3.03. The number of carbonyl (C=O) groups is 1. The molecule has 0 saturated heterocycles. The van der Waals surface area contributed by atoms with Gasteiger partial charge in [0.25, 0.3) is 0 Å². The molecule has 0 N–H and O–H groups in total. The Morgan fingerprint density at radius 3 is 3.04 bits per heavy atom. The fraction of sp³-hybridized carbons (Fsp3) is 0.200. The van der Waals surface area contributed by atoms with Gasteiger partial charge in [-0.2, -0.15) is 0 Å². The number of pyridine rings is 2. The summed E-state index contributed by atoms with van der Waals surface area (Å²) in [5.41, 5.74) is 2.21. The van der Waals surface area contributed by atoms with Gasteiger partial charge in [-0.3, -0.25) is 9.78 Å². The third-order valence-electron chi connectivity index (χ3n) is 3.41. The van der Waals surface area contributed by atoms with Gasteiger partial charge in [-0.1, -0.05) is 11.0 Å². The Labute approximate surface area is 142 Å². The van der Waals surface area contributed by atoms with Crippen LogP contribution in [-0.4, -0.2) is 38.5 Å². The number of hydrogen-bond acceptors (Lipinski definition) is 5. The van der Waals surface area contributed by atoms with Crippen molar-refractivity contribution < 1.29 is 4.79 Å². The van der Waals surface area contributed by atoms with Gasteiger partial charge in [-0.05, 0) is 28.9 Å². The number of fused-ring (bicyclic) bond motifs is 1. The Balaban J connectivity index is 1.89. The van der Waals surface area contributed by atoms with Gasteiger partial charge in [0.15, 0.2) is 5.65 Å². The average molecular weight is 348 g/mol. The van der Waals surface area contributed by atoms with Gasteiger partial charge in [-0.25, -0.2) is 9.67 Å². The van der Waals surface area contributed by atoms with E-state index in [4.69, 9.17) is 10.7 Å². The van der Waals surface area contributed by atoms with Crippen molar-refractivity contribution in [3.63, 3.8) is 0 Å². The fourth-order valence-corrected chi connectivity index (χ4v) is 2.63. The molecule has 0 unspecified atom stereocenters. The highest BCUT2D eigenvalue weighted by atomic mass is 35.7. The molecule has 0 bridgehead atoms. The van der Waals surface area contributed by atoms with Crippen LogP contribution in [0.2, 0.25) is 0 Å². The Hall–Kier alpha value is -2.12. The summed E-state index contributed by atoms with van der Waals surface area (Å²) in [5.74, 6) is 0.582. The summed E-state index contributed by atoms with van der Waals surface area (Å²) in [6.07, 6.45) is 7.34. The highest BCUT2D eigenvalue weighted by molar-refractivity contribution is 8.21. The lowest BCUT2D eigenvalue weighted by molar-refractivity contribution is -0.117. The molecule has 0 aliphatic heterocycles. The molecule has 0 spiro atoms. The largest absolute Gasteiger partial charge is 0.314 e. The van der Waals surface area contributed by atoms with E-state index in [9.17, 15) is 4.79 Å². The van der Waals surface area contributed by atoms with Crippen molar-refractivity contribution in [1.29, 1.82) is 0 Å². The lowest BCUT2D eigenvalue weighted by Gasteiger charge is -2.16. The molecule has 0 aromatic carbocycles. The summed E-state index contributed by atoms with van der Waals surface area (Å²) >= 11 is 0. The molecule has 0 atom stereocenters. The Bertz CT molecular complexity index is 823. The zero-order valence-electron chi connectivity index (χ0n) is 12.4. The summed E-state index contributed by atoms with van der Waals surface area (Å²) < 4.78 is 1.72. The number of anilines is 1. The van der Waals surface area contributed by atoms with Crippen LogP contribution in [0.1, 0.15) is 6.42 Å². The summed E-state index contributed by atoms with van der Waals surface area (Å²) in [7, 11) is 8.42. The number of carbonyl (C=O) groups excluding carboxylic acids is 1. The molecular weight excluding hydrogens is 334 g/mol. The second-order valence-corrected chi connectivity index (χ2v) is 6.19. The molecule has 3 heterocycles. The highest BCUT2D eigenvalue weighted by Crippen LogP contribution is 2.20. The zero-order chi connectivity index (χ0) is 16.2. The van der Waals surface area contributed by atoms with E-state index in [2.05, 4.69) is 15.1 Å². The Kier molecular flexibility index (Phi) is 4.78. The topological polar surface area (TPSA) is 63.9 Å². The van der Waals surface area contributed by atoms with Crippen LogP contribution in [0.15, 0.2) is 43.0 Å². The second kappa shape index (κ2) is 6.97. The van der Waals surface area contributed by atoms with Crippen LogP contribution < -0.4 is 4.90 Å². The maximum Gasteiger partial charge on any atom is 0.227 e. The van der Waals surface area contributed by atoms with E-state index < -0.39 is 0 Å². The van der Waals surface area contributed by atoms with Crippen molar-refractivity contribution in [2.24, 2.45) is 0 Å². The van der Waals surface area contributed by atoms with Crippen LogP contribution in [0.4, 0.5) is 5.69 Å². The molecule has 0 radical (unpaired) electrons. The predicted octanol–water partition coefficient (Wildman–Crippen LogP) is 3.06. The molecule has 6 nitrogen and oxygen atoms in total. The van der Waals surface area contributed by atoms with Gasteiger partial charge in [0.05, 0.1) is 23.8 Å². The van der Waals surface area contributed by atoms with Crippen molar-refractivity contribution in [1.82, 2.24) is 19.7 Å². The minimum Gasteiger partial charge on any atom is -0.314 e. The molecule has 0 aliphatic carbocycles. The van der Waals surface area contributed by atoms with Crippen LogP contribution in [-0.2, 0) is 4.79 Å². The quantitative estimate of drug-likeness (QED) is 0.709. The SMILES string of the molecule is CN(C(=O)CCSCl)c1cnc2nn(-c3cccnc3)cc2c1. The van der Waals surface area contributed by atoms with Crippen LogP contribution in [0.25, 0.3) is 16.7 Å². The first-order chi connectivity index (χ1) is 11.2. The van der Waals surface area contributed by atoms with Crippen molar-refractivity contribution in [3.05, 3.63) is 43.0 Å². The molecule has 0 fully saturated rings. The van der Waals surface area contributed by atoms with Gasteiger partial charge in [0.2, 0.25) is 5.91 Å². The molecular formula is C15H14ClN5OS. The van der Waals surface area contributed by atoms with Gasteiger partial charge in [0, 0.05) is 37.0 Å². The number of aromatic nitrogens is 4. The van der Waals surface area contributed by atoms with E-state index >= 15 is 0 Å². The fourth-order valence-electron chi connectivity index (χ4n) is 2.15. The smallest absolute Gasteiger partial charge is 0.227 e. The first-order valence-corrected chi connectivity index (χ1v) is 8.76. The molecule has 23 heavy (non-hydrogen) atoms. The number of amides is 1. The summed E-state index contributed by atoms with van der Waals surface area (Å²) in [4.78, 5) is 22.1. The van der Waals surface area contributed by atoms with Crippen molar-refractivity contribution in [3.8, 4) is 5.69 Å². The second-order valence-electron chi connectivity index (χ2n) is 4.91. The van der Waals surface area contributed by atoms with Crippen molar-refractivity contribution in [2.45, 2.75) is 6.42 Å². The minimum absolute atomic E-state index is 0.000971. The highest BCUT2D eigenvalue weighted by Gasteiger charge is 2.13. The Morgan fingerprint density at radius 2 is 2.30 bits per heavy atom. The van der Waals surface area contributed by atoms with Crippen LogP contribution >= 0.6 is 21.7 Å². The number of halogens is 1. The molecule has 1 amide bonds. The molecule has 118 valence electrons. The molecule has 0 saturated carbocycles. The predicted molar refractivity (Wildman–Crippen MR) is 93.0 cm³/mol. The number of hydrogen-bond donors (Lipinski definition) is 0. The van der Waals surface area contributed by atoms with Gasteiger partial charge in [-0.15, -0.1) is 5.10 Å². The van der Waals surface area contributed by atoms with E-state index in [1.165, 1.54) is 0 Å². The first kappa shape index (κ1) is 15.8. The van der Waals surface area contributed by atoms with Crippen LogP contribution in [0.5, 0.6) is 0 Å². The lowest BCUT2D eigenvalue weighted by atomic mass is 10.3. The molecule has 3 rings (SSSR count). The van der Waals surface area contributed by atoms with Crippen LogP contribution in [0.3, 0.4) is 0 Å². The molecule has 0 aliphatic rings. The van der Waals surface area contributed by atoms with Gasteiger partial charge >= 0.3 is 0 Å². The normalized spacial score (nSPS) is 10.9. The third kappa shape index (κ3) is 3.46. The third-order valence-corrected chi connectivity index (χ3v) is 4.23. The summed E-state index contributed by atoms with van der Waals surface area (Å²) in [5, 5.41) is 5.28. The van der Waals surface area contributed by atoms with E-state index in [-0.39, 0.29) is 5.91 Å². The summed E-state index contributed by atoms with van der Waals surface area (Å²) in [6.45, 7) is 0. The molecule has 3 aromatic heterocycles. The van der Waals surface area contributed by atoms with E-state index in [1.807, 2.05) is 24.4 Å². The summed E-state index contributed by atoms with van der Waals surface area (Å²) in [6, 6.07) is 5.66. The maximum atomic E-state index is 12.1. The van der Waals surface area contributed by atoms with E-state index in [0.717, 1.165) is 27.7 Å². The standard InChI is InChI=1S/C15H14ClN5OS/c1-20(14(22)4-6-23-16)13-7-11-10-21(19-15(11)18-9-13)12-3-2-5-17-8-12/h2-3,5,7-10H,4,6H2,1H3.